The van der Waals surface area contributed by atoms with Crippen molar-refractivity contribution < 1.29 is 9.50 Å². The van der Waals surface area contributed by atoms with E-state index in [4.69, 9.17) is 0 Å². The monoisotopic (exact) mass is 308 g/mol. The molecule has 0 heterocycles. The number of hydrogen-bond acceptors (Lipinski definition) is 1. The van der Waals surface area contributed by atoms with Gasteiger partial charge in [-0.3, -0.25) is 0 Å². The Hall–Kier alpha value is -1.19. The highest BCUT2D eigenvalue weighted by molar-refractivity contribution is 9.10. The average molecular weight is 309 g/mol. The molecule has 0 aromatic heterocycles. The van der Waals surface area contributed by atoms with E-state index >= 15 is 0 Å². The van der Waals surface area contributed by atoms with Crippen molar-refractivity contribution >= 4 is 15.9 Å². The maximum Gasteiger partial charge on any atom is 0.126 e. The van der Waals surface area contributed by atoms with Crippen molar-refractivity contribution in [3.8, 4) is 0 Å². The van der Waals surface area contributed by atoms with Crippen molar-refractivity contribution in [1.29, 1.82) is 0 Å². The number of halogens is 2. The molecule has 0 saturated carbocycles. The third-order valence-corrected chi connectivity index (χ3v) is 3.46. The van der Waals surface area contributed by atoms with Crippen LogP contribution in [-0.2, 0) is 6.42 Å². The lowest BCUT2D eigenvalue weighted by atomic mass is 9.92. The van der Waals surface area contributed by atoms with Gasteiger partial charge in [0.25, 0.3) is 0 Å². The molecule has 0 amide bonds. The first-order valence-corrected chi connectivity index (χ1v) is 6.59. The van der Waals surface area contributed by atoms with E-state index in [2.05, 4.69) is 15.9 Å². The predicted octanol–water partition coefficient (Wildman–Crippen LogP) is 3.91. The fourth-order valence-corrected chi connectivity index (χ4v) is 2.39. The second-order valence-corrected chi connectivity index (χ2v) is 5.15. The highest BCUT2D eigenvalue weighted by atomic mass is 79.9. The van der Waals surface area contributed by atoms with Crippen LogP contribution < -0.4 is 0 Å². The Balaban J connectivity index is 2.23. The maximum absolute atomic E-state index is 13.7. The molecule has 2 rings (SSSR count). The highest BCUT2D eigenvalue weighted by Gasteiger charge is 2.13. The van der Waals surface area contributed by atoms with Crippen LogP contribution in [0.1, 0.15) is 17.0 Å². The molecule has 0 saturated heterocycles. The predicted molar refractivity (Wildman–Crippen MR) is 74.1 cm³/mol. The summed E-state index contributed by atoms with van der Waals surface area (Å²) in [6.07, 6.45) is 0.492. The van der Waals surface area contributed by atoms with Crippen molar-refractivity contribution in [2.75, 3.05) is 6.61 Å². The minimum absolute atomic E-state index is 0.00989. The van der Waals surface area contributed by atoms with Crippen LogP contribution in [0.4, 0.5) is 4.39 Å². The average Bonchev–Trinajstić information content (AvgIpc) is 2.41. The lowest BCUT2D eigenvalue weighted by molar-refractivity contribution is 0.263. The van der Waals surface area contributed by atoms with E-state index in [0.29, 0.717) is 12.0 Å². The molecule has 1 nitrogen and oxygen atoms in total. The fraction of sp³-hybridized carbons (Fsp3) is 0.200. The molecule has 94 valence electrons. The normalized spacial score (nSPS) is 12.4. The van der Waals surface area contributed by atoms with Crippen LogP contribution in [0, 0.1) is 5.82 Å². The van der Waals surface area contributed by atoms with Crippen LogP contribution >= 0.6 is 15.9 Å². The first-order chi connectivity index (χ1) is 8.70. The number of rotatable bonds is 4. The molecule has 1 atom stereocenters. The van der Waals surface area contributed by atoms with E-state index in [1.54, 1.807) is 12.1 Å². The SMILES string of the molecule is OCC(Cc1cc(Br)ccc1F)c1ccccc1. The molecule has 2 aromatic carbocycles. The quantitative estimate of drug-likeness (QED) is 0.908. The zero-order valence-electron chi connectivity index (χ0n) is 9.81. The molecule has 18 heavy (non-hydrogen) atoms. The molecule has 0 fully saturated rings. The second-order valence-electron chi connectivity index (χ2n) is 4.23. The van der Waals surface area contributed by atoms with Gasteiger partial charge in [-0.25, -0.2) is 4.39 Å². The second kappa shape index (κ2) is 6.12. The number of hydrogen-bond donors (Lipinski definition) is 1. The van der Waals surface area contributed by atoms with Gasteiger partial charge in [0.1, 0.15) is 5.82 Å². The van der Waals surface area contributed by atoms with E-state index < -0.39 is 0 Å². The van der Waals surface area contributed by atoms with E-state index in [1.807, 2.05) is 30.3 Å². The van der Waals surface area contributed by atoms with Crippen LogP contribution in [0.25, 0.3) is 0 Å². The van der Waals surface area contributed by atoms with E-state index in [9.17, 15) is 9.50 Å². The minimum Gasteiger partial charge on any atom is -0.396 e. The summed E-state index contributed by atoms with van der Waals surface area (Å²) < 4.78 is 14.5. The summed E-state index contributed by atoms with van der Waals surface area (Å²) in [5.41, 5.74) is 1.65. The molecule has 3 heteroatoms. The van der Waals surface area contributed by atoms with Crippen LogP contribution in [0.3, 0.4) is 0 Å². The zero-order valence-corrected chi connectivity index (χ0v) is 11.4. The van der Waals surface area contributed by atoms with E-state index in [-0.39, 0.29) is 18.3 Å². The third-order valence-electron chi connectivity index (χ3n) is 2.97. The topological polar surface area (TPSA) is 20.2 Å². The third kappa shape index (κ3) is 3.18. The summed E-state index contributed by atoms with van der Waals surface area (Å²) in [6, 6.07) is 14.6. The first-order valence-electron chi connectivity index (χ1n) is 5.80. The molecule has 1 unspecified atom stereocenters. The summed E-state index contributed by atoms with van der Waals surface area (Å²) in [4.78, 5) is 0. The van der Waals surface area contributed by atoms with Gasteiger partial charge in [-0.2, -0.15) is 0 Å². The molecule has 2 aromatic rings. The first kappa shape index (κ1) is 13.2. The van der Waals surface area contributed by atoms with Crippen molar-refractivity contribution in [1.82, 2.24) is 0 Å². The minimum atomic E-state index is -0.229. The molecule has 0 radical (unpaired) electrons. The van der Waals surface area contributed by atoms with Crippen LogP contribution in [0.15, 0.2) is 53.0 Å². The molecule has 0 aliphatic carbocycles. The van der Waals surface area contributed by atoms with Gasteiger partial charge in [-0.1, -0.05) is 46.3 Å². The molecular formula is C15H14BrFO. The lowest BCUT2D eigenvalue weighted by Gasteiger charge is -2.15. The van der Waals surface area contributed by atoms with E-state index in [0.717, 1.165) is 10.0 Å². The Bertz CT molecular complexity index is 513. The van der Waals surface area contributed by atoms with Gasteiger partial charge in [0, 0.05) is 10.4 Å². The standard InChI is InChI=1S/C15H14BrFO/c16-14-6-7-15(17)12(9-14)8-13(10-18)11-4-2-1-3-5-11/h1-7,9,13,18H,8,10H2. The number of benzene rings is 2. The molecule has 0 spiro atoms. The Morgan fingerprint density at radius 2 is 1.83 bits per heavy atom. The lowest BCUT2D eigenvalue weighted by Crippen LogP contribution is -2.08. The Morgan fingerprint density at radius 3 is 2.50 bits per heavy atom. The summed E-state index contributed by atoms with van der Waals surface area (Å²) in [6.45, 7) is 0.00989. The highest BCUT2D eigenvalue weighted by Crippen LogP contribution is 2.24. The van der Waals surface area contributed by atoms with Gasteiger partial charge in [0.05, 0.1) is 6.61 Å². The van der Waals surface area contributed by atoms with Crippen LogP contribution in [-0.4, -0.2) is 11.7 Å². The molecule has 0 aliphatic heterocycles. The van der Waals surface area contributed by atoms with Gasteiger partial charge in [0.15, 0.2) is 0 Å². The van der Waals surface area contributed by atoms with Crippen molar-refractivity contribution in [3.05, 3.63) is 69.9 Å². The molecule has 0 aliphatic rings. The molecular weight excluding hydrogens is 295 g/mol. The summed E-state index contributed by atoms with van der Waals surface area (Å²) in [7, 11) is 0. The molecule has 0 bridgehead atoms. The van der Waals surface area contributed by atoms with Crippen LogP contribution in [0.5, 0.6) is 0 Å². The summed E-state index contributed by atoms with van der Waals surface area (Å²) in [5.74, 6) is -0.303. The maximum atomic E-state index is 13.7. The Kier molecular flexibility index (Phi) is 4.50. The fourth-order valence-electron chi connectivity index (χ4n) is 1.98. The summed E-state index contributed by atoms with van der Waals surface area (Å²) in [5, 5.41) is 9.47. The molecule has 1 N–H and O–H groups in total. The largest absolute Gasteiger partial charge is 0.396 e. The van der Waals surface area contributed by atoms with Gasteiger partial charge in [-0.15, -0.1) is 0 Å². The Labute approximate surface area is 114 Å². The van der Waals surface area contributed by atoms with Crippen LogP contribution in [0.2, 0.25) is 0 Å². The van der Waals surface area contributed by atoms with Gasteiger partial charge in [0.2, 0.25) is 0 Å². The zero-order chi connectivity index (χ0) is 13.0. The number of aliphatic hydroxyl groups is 1. The van der Waals surface area contributed by atoms with Gasteiger partial charge in [-0.05, 0) is 35.7 Å². The van der Waals surface area contributed by atoms with E-state index in [1.165, 1.54) is 6.07 Å². The number of aliphatic hydroxyl groups excluding tert-OH is 1. The Morgan fingerprint density at radius 1 is 1.11 bits per heavy atom. The van der Waals surface area contributed by atoms with Crippen molar-refractivity contribution in [2.45, 2.75) is 12.3 Å². The van der Waals surface area contributed by atoms with Gasteiger partial charge >= 0.3 is 0 Å². The summed E-state index contributed by atoms with van der Waals surface area (Å²) >= 11 is 3.34. The van der Waals surface area contributed by atoms with Crippen molar-refractivity contribution in [2.24, 2.45) is 0 Å². The van der Waals surface area contributed by atoms with Gasteiger partial charge < -0.3 is 5.11 Å². The van der Waals surface area contributed by atoms with Crippen molar-refractivity contribution in [3.63, 3.8) is 0 Å². The smallest absolute Gasteiger partial charge is 0.126 e.